The molecule has 0 radical (unpaired) electrons. The first-order valence-electron chi connectivity index (χ1n) is 5.17. The van der Waals surface area contributed by atoms with Crippen LogP contribution in [0.3, 0.4) is 0 Å². The van der Waals surface area contributed by atoms with Gasteiger partial charge in [-0.3, -0.25) is 5.32 Å². The van der Waals surface area contributed by atoms with Gasteiger partial charge in [0.2, 0.25) is 0 Å². The third kappa shape index (κ3) is 2.95. The van der Waals surface area contributed by atoms with Crippen molar-refractivity contribution in [2.45, 2.75) is 24.3 Å². The van der Waals surface area contributed by atoms with Crippen LogP contribution in [0.2, 0.25) is 0 Å². The van der Waals surface area contributed by atoms with Crippen LogP contribution in [0.4, 0.5) is 0 Å². The maximum absolute atomic E-state index is 3.50. The van der Waals surface area contributed by atoms with Crippen LogP contribution in [0.15, 0.2) is 30.3 Å². The number of hydrogen-bond acceptors (Lipinski definition) is 4. The van der Waals surface area contributed by atoms with E-state index in [2.05, 4.69) is 54.0 Å². The third-order valence-corrected chi connectivity index (χ3v) is 3.65. The molecule has 1 aliphatic heterocycles. The molecule has 0 spiro atoms. The van der Waals surface area contributed by atoms with E-state index in [9.17, 15) is 0 Å². The Morgan fingerprint density at radius 3 is 2.73 bits per heavy atom. The summed E-state index contributed by atoms with van der Waals surface area (Å²) < 4.78 is 0. The first-order valence-corrected chi connectivity index (χ1v) is 6.12. The molecule has 1 heterocycles. The number of rotatable bonds is 3. The lowest BCUT2D eigenvalue weighted by Gasteiger charge is -2.18. The molecule has 15 heavy (non-hydrogen) atoms. The lowest BCUT2D eigenvalue weighted by molar-refractivity contribution is 0.214. The van der Waals surface area contributed by atoms with E-state index in [0.29, 0.717) is 10.9 Å². The normalized spacial score (nSPS) is 27.1. The summed E-state index contributed by atoms with van der Waals surface area (Å²) in [6.45, 7) is 3.09. The van der Waals surface area contributed by atoms with Crippen molar-refractivity contribution in [3.05, 3.63) is 35.9 Å². The first kappa shape index (κ1) is 11.0. The smallest absolute Gasteiger partial charge is 0.122 e. The summed E-state index contributed by atoms with van der Waals surface area (Å²) in [5, 5.41) is 6.12. The van der Waals surface area contributed by atoms with Crippen molar-refractivity contribution in [2.24, 2.45) is 0 Å². The van der Waals surface area contributed by atoms with E-state index in [4.69, 9.17) is 0 Å². The Balaban J connectivity index is 1.84. The number of hydrogen-bond donors (Lipinski definition) is 2. The SMILES string of the molecule is CC1NN(C)C(NCc2ccccc2)S1. The fraction of sp³-hybridized carbons (Fsp3) is 0.455. The summed E-state index contributed by atoms with van der Waals surface area (Å²) in [4.78, 5) is 0. The molecule has 2 unspecified atom stereocenters. The highest BCUT2D eigenvalue weighted by molar-refractivity contribution is 8.00. The molecule has 1 aliphatic rings. The molecule has 1 saturated heterocycles. The molecule has 0 amide bonds. The van der Waals surface area contributed by atoms with Crippen molar-refractivity contribution in [3.63, 3.8) is 0 Å². The van der Waals surface area contributed by atoms with Crippen molar-refractivity contribution >= 4 is 11.8 Å². The fourth-order valence-corrected chi connectivity index (χ4v) is 2.69. The second-order valence-corrected chi connectivity index (χ2v) is 5.16. The van der Waals surface area contributed by atoms with Crippen molar-refractivity contribution in [1.29, 1.82) is 0 Å². The van der Waals surface area contributed by atoms with Gasteiger partial charge >= 0.3 is 0 Å². The molecule has 0 aromatic heterocycles. The van der Waals surface area contributed by atoms with Crippen LogP contribution in [-0.2, 0) is 6.54 Å². The lowest BCUT2D eigenvalue weighted by Crippen LogP contribution is -2.42. The predicted molar refractivity (Wildman–Crippen MR) is 65.0 cm³/mol. The first-order chi connectivity index (χ1) is 7.25. The monoisotopic (exact) mass is 223 g/mol. The van der Waals surface area contributed by atoms with Crippen LogP contribution in [0.1, 0.15) is 12.5 Å². The minimum Gasteiger partial charge on any atom is -0.288 e. The van der Waals surface area contributed by atoms with Crippen LogP contribution < -0.4 is 10.7 Å². The molecule has 1 fully saturated rings. The zero-order chi connectivity index (χ0) is 10.7. The molecule has 2 atom stereocenters. The van der Waals surface area contributed by atoms with Crippen LogP contribution in [0.25, 0.3) is 0 Å². The molecule has 0 bridgehead atoms. The summed E-state index contributed by atoms with van der Waals surface area (Å²) in [6.07, 6.45) is 0. The lowest BCUT2D eigenvalue weighted by atomic mass is 10.2. The molecule has 82 valence electrons. The predicted octanol–water partition coefficient (Wildman–Crippen LogP) is 1.59. The van der Waals surface area contributed by atoms with E-state index in [0.717, 1.165) is 6.54 Å². The minimum absolute atomic E-state index is 0.361. The molecule has 1 aromatic carbocycles. The molecule has 1 aromatic rings. The van der Waals surface area contributed by atoms with Gasteiger partial charge in [0.1, 0.15) is 5.50 Å². The van der Waals surface area contributed by atoms with Gasteiger partial charge in [-0.2, -0.15) is 0 Å². The van der Waals surface area contributed by atoms with Gasteiger partial charge in [0.15, 0.2) is 0 Å². The van der Waals surface area contributed by atoms with E-state index in [-0.39, 0.29) is 0 Å². The quantitative estimate of drug-likeness (QED) is 0.814. The molecular formula is C11H17N3S. The topological polar surface area (TPSA) is 27.3 Å². The van der Waals surface area contributed by atoms with Crippen molar-refractivity contribution in [3.8, 4) is 0 Å². The molecule has 4 heteroatoms. The summed E-state index contributed by atoms with van der Waals surface area (Å²) in [5.74, 6) is 0. The summed E-state index contributed by atoms with van der Waals surface area (Å²) >= 11 is 1.90. The third-order valence-electron chi connectivity index (χ3n) is 2.39. The van der Waals surface area contributed by atoms with E-state index >= 15 is 0 Å². The second kappa shape index (κ2) is 4.99. The van der Waals surface area contributed by atoms with Crippen molar-refractivity contribution in [1.82, 2.24) is 15.8 Å². The van der Waals surface area contributed by atoms with Gasteiger partial charge in [0.25, 0.3) is 0 Å². The Labute approximate surface area is 95.2 Å². The van der Waals surface area contributed by atoms with Crippen molar-refractivity contribution in [2.75, 3.05) is 7.05 Å². The van der Waals surface area contributed by atoms with Gasteiger partial charge in [-0.1, -0.05) is 30.3 Å². The zero-order valence-corrected chi connectivity index (χ0v) is 9.92. The Morgan fingerprint density at radius 2 is 2.13 bits per heavy atom. The Bertz CT molecular complexity index is 304. The Hall–Kier alpha value is -0.550. The summed E-state index contributed by atoms with van der Waals surface area (Å²) in [6, 6.07) is 10.5. The Kier molecular flexibility index (Phi) is 3.64. The zero-order valence-electron chi connectivity index (χ0n) is 9.10. The van der Waals surface area contributed by atoms with E-state index < -0.39 is 0 Å². The van der Waals surface area contributed by atoms with Crippen LogP contribution in [-0.4, -0.2) is 22.9 Å². The highest BCUT2D eigenvalue weighted by Crippen LogP contribution is 2.22. The summed E-state index contributed by atoms with van der Waals surface area (Å²) in [5.41, 5.74) is 5.02. The maximum atomic E-state index is 3.50. The van der Waals surface area contributed by atoms with Crippen LogP contribution in [0, 0.1) is 0 Å². The summed E-state index contributed by atoms with van der Waals surface area (Å²) in [7, 11) is 2.07. The van der Waals surface area contributed by atoms with Gasteiger partial charge in [-0.05, 0) is 12.5 Å². The Morgan fingerprint density at radius 1 is 1.40 bits per heavy atom. The number of nitrogens with one attached hydrogen (secondary N) is 2. The van der Waals surface area contributed by atoms with Crippen LogP contribution >= 0.6 is 11.8 Å². The molecule has 2 N–H and O–H groups in total. The highest BCUT2D eigenvalue weighted by atomic mass is 32.2. The average molecular weight is 223 g/mol. The van der Waals surface area contributed by atoms with Gasteiger partial charge in [0, 0.05) is 13.6 Å². The maximum Gasteiger partial charge on any atom is 0.122 e. The van der Waals surface area contributed by atoms with Gasteiger partial charge in [-0.25, -0.2) is 10.4 Å². The van der Waals surface area contributed by atoms with Crippen molar-refractivity contribution < 1.29 is 0 Å². The standard InChI is InChI=1S/C11H17N3S/c1-9-13-14(2)11(15-9)12-8-10-6-4-3-5-7-10/h3-7,9,11-13H,8H2,1-2H3. The van der Waals surface area contributed by atoms with E-state index in [1.165, 1.54) is 5.56 Å². The van der Waals surface area contributed by atoms with Gasteiger partial charge in [-0.15, -0.1) is 11.8 Å². The molecule has 0 aliphatic carbocycles. The van der Waals surface area contributed by atoms with Gasteiger partial charge < -0.3 is 0 Å². The van der Waals surface area contributed by atoms with Gasteiger partial charge in [0.05, 0.1) is 5.37 Å². The molecular weight excluding hydrogens is 206 g/mol. The number of benzene rings is 1. The number of hydrazine groups is 1. The number of nitrogens with zero attached hydrogens (tertiary/aromatic N) is 1. The average Bonchev–Trinajstić information content (AvgIpc) is 2.56. The molecule has 0 saturated carbocycles. The minimum atomic E-state index is 0.361. The number of thioether (sulfide) groups is 1. The molecule has 2 rings (SSSR count). The molecule has 3 nitrogen and oxygen atoms in total. The van der Waals surface area contributed by atoms with Crippen LogP contribution in [0.5, 0.6) is 0 Å². The highest BCUT2D eigenvalue weighted by Gasteiger charge is 2.25. The fourth-order valence-electron chi connectivity index (χ4n) is 1.66. The van der Waals surface area contributed by atoms with E-state index in [1.807, 2.05) is 17.8 Å². The largest absolute Gasteiger partial charge is 0.288 e. The van der Waals surface area contributed by atoms with E-state index in [1.54, 1.807) is 0 Å². The second-order valence-electron chi connectivity index (χ2n) is 3.74.